The minimum Gasteiger partial charge on any atom is -0.726 e. The van der Waals surface area contributed by atoms with Crippen molar-refractivity contribution in [3.63, 3.8) is 0 Å². The van der Waals surface area contributed by atoms with E-state index in [0.29, 0.717) is 0 Å². The Labute approximate surface area is 86.5 Å². The van der Waals surface area contributed by atoms with Crippen molar-refractivity contribution in [2.24, 2.45) is 0 Å². The zero-order chi connectivity index (χ0) is 9.61. The average Bonchev–Trinajstić information content (AvgIpc) is 1.83. The van der Waals surface area contributed by atoms with Crippen LogP contribution < -0.4 is 18.9 Å². The van der Waals surface area contributed by atoms with Crippen LogP contribution in [0.5, 0.6) is 0 Å². The van der Waals surface area contributed by atoms with E-state index in [1.54, 1.807) is 0 Å². The SMILES string of the molecule is O=S(=O)([O-])OCCOCC(F)F.[Li+]. The molecule has 0 bridgehead atoms. The first-order valence-electron chi connectivity index (χ1n) is 2.88. The third kappa shape index (κ3) is 15.1. The van der Waals surface area contributed by atoms with Gasteiger partial charge in [0, 0.05) is 0 Å². The third-order valence-corrected chi connectivity index (χ3v) is 1.15. The zero-order valence-electron chi connectivity index (χ0n) is 6.90. The molecule has 0 atom stereocenters. The van der Waals surface area contributed by atoms with Gasteiger partial charge in [0.1, 0.15) is 6.61 Å². The molecule has 9 heteroatoms. The summed E-state index contributed by atoms with van der Waals surface area (Å²) in [6.45, 7) is -1.70. The van der Waals surface area contributed by atoms with E-state index in [-0.39, 0.29) is 25.5 Å². The summed E-state index contributed by atoms with van der Waals surface area (Å²) in [4.78, 5) is 0. The van der Waals surface area contributed by atoms with Crippen molar-refractivity contribution in [3.05, 3.63) is 0 Å². The van der Waals surface area contributed by atoms with Crippen molar-refractivity contribution in [3.8, 4) is 0 Å². The number of rotatable bonds is 6. The molecule has 0 amide bonds. The van der Waals surface area contributed by atoms with Gasteiger partial charge in [0.15, 0.2) is 0 Å². The second-order valence-electron chi connectivity index (χ2n) is 1.70. The molecule has 0 aromatic carbocycles. The molecule has 0 spiro atoms. The van der Waals surface area contributed by atoms with Crippen LogP contribution >= 0.6 is 0 Å². The molecule has 13 heavy (non-hydrogen) atoms. The van der Waals surface area contributed by atoms with Crippen molar-refractivity contribution < 1.29 is 49.5 Å². The normalized spacial score (nSPS) is 11.4. The summed E-state index contributed by atoms with van der Waals surface area (Å²) in [5, 5.41) is 0. The largest absolute Gasteiger partial charge is 1.00 e. The van der Waals surface area contributed by atoms with Gasteiger partial charge in [-0.3, -0.25) is 4.18 Å². The van der Waals surface area contributed by atoms with Crippen molar-refractivity contribution in [2.45, 2.75) is 6.43 Å². The van der Waals surface area contributed by atoms with Crippen LogP contribution in [0.2, 0.25) is 0 Å². The number of hydrogen-bond donors (Lipinski definition) is 0. The maximum absolute atomic E-state index is 11.4. The Balaban J connectivity index is 0. The fraction of sp³-hybridized carbons (Fsp3) is 1.00. The first-order valence-corrected chi connectivity index (χ1v) is 4.21. The van der Waals surface area contributed by atoms with Crippen LogP contribution in [-0.2, 0) is 19.3 Å². The van der Waals surface area contributed by atoms with E-state index in [4.69, 9.17) is 0 Å². The summed E-state index contributed by atoms with van der Waals surface area (Å²) in [5.74, 6) is 0. The molecule has 0 N–H and O–H groups in total. The summed E-state index contributed by atoms with van der Waals surface area (Å²) in [7, 11) is -4.74. The fourth-order valence-corrected chi connectivity index (χ4v) is 0.640. The molecule has 0 saturated heterocycles. The second-order valence-corrected chi connectivity index (χ2v) is 2.75. The van der Waals surface area contributed by atoms with Crippen molar-refractivity contribution in [1.29, 1.82) is 0 Å². The Morgan fingerprint density at radius 2 is 1.85 bits per heavy atom. The van der Waals surface area contributed by atoms with Crippen LogP contribution in [0.25, 0.3) is 0 Å². The van der Waals surface area contributed by atoms with Gasteiger partial charge >= 0.3 is 18.9 Å². The smallest absolute Gasteiger partial charge is 0.726 e. The van der Waals surface area contributed by atoms with Gasteiger partial charge in [0.25, 0.3) is 6.43 Å². The Bertz CT molecular complexity index is 207. The average molecular weight is 212 g/mol. The van der Waals surface area contributed by atoms with Crippen LogP contribution in [0.1, 0.15) is 0 Å². The van der Waals surface area contributed by atoms with E-state index in [1.165, 1.54) is 0 Å². The predicted molar refractivity (Wildman–Crippen MR) is 32.5 cm³/mol. The molecule has 74 valence electrons. The molecule has 0 aliphatic carbocycles. The first-order chi connectivity index (χ1) is 5.42. The van der Waals surface area contributed by atoms with E-state index in [0.717, 1.165) is 0 Å². The van der Waals surface area contributed by atoms with E-state index >= 15 is 0 Å². The zero-order valence-corrected chi connectivity index (χ0v) is 7.72. The third-order valence-electron chi connectivity index (χ3n) is 0.699. The van der Waals surface area contributed by atoms with Crippen molar-refractivity contribution in [2.75, 3.05) is 19.8 Å². The van der Waals surface area contributed by atoms with Gasteiger partial charge in [0.05, 0.1) is 13.2 Å². The number of halogens is 2. The first kappa shape index (κ1) is 15.7. The summed E-state index contributed by atoms with van der Waals surface area (Å²) in [6.07, 6.45) is -2.62. The van der Waals surface area contributed by atoms with E-state index in [1.807, 2.05) is 0 Å². The molecule has 0 aromatic rings. The van der Waals surface area contributed by atoms with Gasteiger partial charge in [-0.15, -0.1) is 0 Å². The molecule has 0 heterocycles. The van der Waals surface area contributed by atoms with Gasteiger partial charge < -0.3 is 9.29 Å². The Morgan fingerprint density at radius 3 is 2.23 bits per heavy atom. The minimum atomic E-state index is -4.74. The summed E-state index contributed by atoms with van der Waals surface area (Å²) < 4.78 is 59.8. The molecule has 5 nitrogen and oxygen atoms in total. The Morgan fingerprint density at radius 1 is 1.31 bits per heavy atom. The molecule has 0 saturated carbocycles. The van der Waals surface area contributed by atoms with E-state index in [2.05, 4.69) is 8.92 Å². The van der Waals surface area contributed by atoms with Crippen LogP contribution in [0.15, 0.2) is 0 Å². The van der Waals surface area contributed by atoms with E-state index in [9.17, 15) is 21.8 Å². The Hall–Kier alpha value is 0.287. The van der Waals surface area contributed by atoms with Gasteiger partial charge in [-0.1, -0.05) is 0 Å². The summed E-state index contributed by atoms with van der Waals surface area (Å²) >= 11 is 0. The predicted octanol–water partition coefficient (Wildman–Crippen LogP) is -3.25. The molecular weight excluding hydrogens is 205 g/mol. The van der Waals surface area contributed by atoms with Crippen molar-refractivity contribution >= 4 is 10.4 Å². The molecule has 0 radical (unpaired) electrons. The van der Waals surface area contributed by atoms with Gasteiger partial charge in [-0.05, 0) is 0 Å². The number of alkyl halides is 2. The molecule has 0 rings (SSSR count). The molecule has 0 aliphatic heterocycles. The molecular formula is C4H7F2LiO5S. The summed E-state index contributed by atoms with van der Waals surface area (Å²) in [6, 6.07) is 0. The van der Waals surface area contributed by atoms with Crippen LogP contribution in [-0.4, -0.2) is 39.2 Å². The molecule has 0 unspecified atom stereocenters. The van der Waals surface area contributed by atoms with E-state index < -0.39 is 30.0 Å². The molecule has 0 fully saturated rings. The Kier molecular flexibility index (Phi) is 9.29. The van der Waals surface area contributed by atoms with Crippen LogP contribution in [0, 0.1) is 0 Å². The maximum atomic E-state index is 11.4. The minimum absolute atomic E-state index is 0. The topological polar surface area (TPSA) is 75.7 Å². The van der Waals surface area contributed by atoms with Crippen LogP contribution in [0.4, 0.5) is 8.78 Å². The second kappa shape index (κ2) is 7.67. The maximum Gasteiger partial charge on any atom is 1.00 e. The summed E-state index contributed by atoms with van der Waals surface area (Å²) in [5.41, 5.74) is 0. The molecule has 0 aliphatic rings. The number of ether oxygens (including phenoxy) is 1. The quantitative estimate of drug-likeness (QED) is 0.200. The standard InChI is InChI=1S/C4H8F2O5S.Li/c5-4(6)3-10-1-2-11-12(7,8)9;/h4H,1-3H2,(H,7,8,9);/q;+1/p-1. The van der Waals surface area contributed by atoms with Gasteiger partial charge in [-0.25, -0.2) is 17.2 Å². The number of hydrogen-bond acceptors (Lipinski definition) is 5. The molecule has 0 aromatic heterocycles. The van der Waals surface area contributed by atoms with Gasteiger partial charge in [-0.2, -0.15) is 0 Å². The van der Waals surface area contributed by atoms with Crippen LogP contribution in [0.3, 0.4) is 0 Å². The fourth-order valence-electron chi connectivity index (χ4n) is 0.367. The van der Waals surface area contributed by atoms with Gasteiger partial charge in [0.2, 0.25) is 10.4 Å². The van der Waals surface area contributed by atoms with Crippen molar-refractivity contribution in [1.82, 2.24) is 0 Å². The monoisotopic (exact) mass is 212 g/mol.